The number of benzene rings is 2. The van der Waals surface area contributed by atoms with Gasteiger partial charge in [-0.05, 0) is 43.9 Å². The molecular weight excluding hydrogens is 532 g/mol. The number of carbonyl (C=O) groups excluding carboxylic acids is 5. The van der Waals surface area contributed by atoms with Crippen LogP contribution in [0.1, 0.15) is 87.6 Å². The molecule has 4 N–H and O–H groups in total. The van der Waals surface area contributed by atoms with Gasteiger partial charge in [-0.2, -0.15) is 0 Å². The standard InChI is InChI=1S/C33H44N4O5/c1-3-4-8-21-27(29(38)33(42)35-26-19-13-7-14-20-26)36-30(39)23(2)34-32(41)28(22-24-15-9-5-10-16-24)37-31(40)25-17-11-6-12-18-25/h5-6,9-12,15-18,23,26-28H,3-4,7-8,13-14,19-22H2,1-2H3,(H,34,41)(H,35,42)(H,36,39)(H,37,40)/t23-,27?,28+/m0/s1. The van der Waals surface area contributed by atoms with Gasteiger partial charge >= 0.3 is 0 Å². The van der Waals surface area contributed by atoms with Crippen molar-refractivity contribution in [1.29, 1.82) is 0 Å². The fraction of sp³-hybridized carbons (Fsp3) is 0.485. The van der Waals surface area contributed by atoms with E-state index >= 15 is 0 Å². The Kier molecular flexibility index (Phi) is 13.2. The average Bonchev–Trinajstić information content (AvgIpc) is 3.01. The van der Waals surface area contributed by atoms with E-state index in [-0.39, 0.29) is 12.5 Å². The van der Waals surface area contributed by atoms with Crippen LogP contribution in [0.3, 0.4) is 0 Å². The van der Waals surface area contributed by atoms with Crippen molar-refractivity contribution in [1.82, 2.24) is 21.3 Å². The summed E-state index contributed by atoms with van der Waals surface area (Å²) in [7, 11) is 0. The highest BCUT2D eigenvalue weighted by atomic mass is 16.2. The summed E-state index contributed by atoms with van der Waals surface area (Å²) in [6, 6.07) is 14.9. The third-order valence-corrected chi connectivity index (χ3v) is 7.59. The molecule has 0 bridgehead atoms. The van der Waals surface area contributed by atoms with Gasteiger partial charge in [0.15, 0.2) is 0 Å². The molecule has 1 aliphatic rings. The van der Waals surface area contributed by atoms with Crippen LogP contribution in [-0.2, 0) is 25.6 Å². The molecule has 1 unspecified atom stereocenters. The largest absolute Gasteiger partial charge is 0.347 e. The summed E-state index contributed by atoms with van der Waals surface area (Å²) in [4.78, 5) is 65.3. The minimum atomic E-state index is -1.01. The zero-order valence-electron chi connectivity index (χ0n) is 24.7. The van der Waals surface area contributed by atoms with Gasteiger partial charge in [0.2, 0.25) is 17.6 Å². The van der Waals surface area contributed by atoms with Crippen molar-refractivity contribution in [3.05, 3.63) is 71.8 Å². The molecule has 0 aliphatic heterocycles. The van der Waals surface area contributed by atoms with Gasteiger partial charge in [-0.1, -0.05) is 94.0 Å². The normalized spacial score (nSPS) is 15.5. The Bertz CT molecular complexity index is 1180. The van der Waals surface area contributed by atoms with E-state index in [0.717, 1.165) is 50.5 Å². The Labute approximate surface area is 248 Å². The first kappa shape index (κ1) is 32.5. The first-order valence-corrected chi connectivity index (χ1v) is 15.1. The molecule has 1 fully saturated rings. The van der Waals surface area contributed by atoms with Crippen LogP contribution in [0.25, 0.3) is 0 Å². The van der Waals surface area contributed by atoms with Crippen LogP contribution < -0.4 is 21.3 Å². The second-order valence-electron chi connectivity index (χ2n) is 11.0. The lowest BCUT2D eigenvalue weighted by molar-refractivity contribution is -0.141. The topological polar surface area (TPSA) is 133 Å². The number of nitrogens with one attached hydrogen (secondary N) is 4. The molecule has 0 aromatic heterocycles. The molecule has 3 atom stereocenters. The molecule has 9 heteroatoms. The molecule has 3 rings (SSSR count). The summed E-state index contributed by atoms with van der Waals surface area (Å²) in [6.07, 6.45) is 7.87. The van der Waals surface area contributed by atoms with Crippen LogP contribution in [0.5, 0.6) is 0 Å². The maximum Gasteiger partial charge on any atom is 0.289 e. The number of carbonyl (C=O) groups is 5. The molecule has 0 spiro atoms. The summed E-state index contributed by atoms with van der Waals surface area (Å²) in [5.74, 6) is -2.85. The number of hydrogen-bond donors (Lipinski definition) is 4. The van der Waals surface area contributed by atoms with E-state index in [1.807, 2.05) is 37.3 Å². The predicted octanol–water partition coefficient (Wildman–Crippen LogP) is 3.62. The van der Waals surface area contributed by atoms with E-state index < -0.39 is 47.5 Å². The molecular formula is C33H44N4O5. The smallest absolute Gasteiger partial charge is 0.289 e. The molecule has 226 valence electrons. The van der Waals surface area contributed by atoms with Crippen molar-refractivity contribution in [2.24, 2.45) is 0 Å². The fourth-order valence-electron chi connectivity index (χ4n) is 5.10. The quantitative estimate of drug-likeness (QED) is 0.190. The van der Waals surface area contributed by atoms with Crippen LogP contribution in [0, 0.1) is 0 Å². The number of Topliss-reactive ketones (excluding diaryl/α,β-unsaturated/α-hetero) is 1. The Morgan fingerprint density at radius 1 is 0.762 bits per heavy atom. The zero-order chi connectivity index (χ0) is 30.3. The summed E-state index contributed by atoms with van der Waals surface area (Å²) in [6.45, 7) is 3.55. The van der Waals surface area contributed by atoms with Gasteiger partial charge in [-0.3, -0.25) is 24.0 Å². The van der Waals surface area contributed by atoms with Crippen molar-refractivity contribution >= 4 is 29.4 Å². The Balaban J connectivity index is 1.65. The molecule has 4 amide bonds. The van der Waals surface area contributed by atoms with Gasteiger partial charge < -0.3 is 21.3 Å². The molecule has 2 aromatic rings. The Morgan fingerprint density at radius 3 is 2.05 bits per heavy atom. The van der Waals surface area contributed by atoms with Gasteiger partial charge in [0.1, 0.15) is 12.1 Å². The maximum atomic E-state index is 13.4. The minimum absolute atomic E-state index is 0.0203. The second-order valence-corrected chi connectivity index (χ2v) is 11.0. The van der Waals surface area contributed by atoms with Crippen molar-refractivity contribution in [2.75, 3.05) is 0 Å². The Morgan fingerprint density at radius 2 is 1.40 bits per heavy atom. The number of amides is 4. The number of hydrogen-bond acceptors (Lipinski definition) is 5. The third kappa shape index (κ3) is 10.4. The Hall–Kier alpha value is -4.01. The molecule has 1 saturated carbocycles. The highest BCUT2D eigenvalue weighted by Crippen LogP contribution is 2.17. The van der Waals surface area contributed by atoms with Crippen molar-refractivity contribution < 1.29 is 24.0 Å². The van der Waals surface area contributed by atoms with Gasteiger partial charge in [-0.25, -0.2) is 0 Å². The van der Waals surface area contributed by atoms with Crippen molar-refractivity contribution in [2.45, 2.75) is 102 Å². The number of ketones is 1. The lowest BCUT2D eigenvalue weighted by atomic mass is 9.95. The molecule has 9 nitrogen and oxygen atoms in total. The molecule has 2 aromatic carbocycles. The molecule has 0 saturated heterocycles. The fourth-order valence-corrected chi connectivity index (χ4v) is 5.10. The lowest BCUT2D eigenvalue weighted by Gasteiger charge is -2.25. The molecule has 42 heavy (non-hydrogen) atoms. The molecule has 0 radical (unpaired) electrons. The van der Waals surface area contributed by atoms with Gasteiger partial charge in [0.25, 0.3) is 11.8 Å². The maximum absolute atomic E-state index is 13.4. The summed E-state index contributed by atoms with van der Waals surface area (Å²) < 4.78 is 0. The minimum Gasteiger partial charge on any atom is -0.347 e. The predicted molar refractivity (Wildman–Crippen MR) is 162 cm³/mol. The van der Waals surface area contributed by atoms with E-state index in [4.69, 9.17) is 0 Å². The molecule has 0 heterocycles. The van der Waals surface area contributed by atoms with Crippen LogP contribution in [0.2, 0.25) is 0 Å². The van der Waals surface area contributed by atoms with Gasteiger partial charge in [-0.15, -0.1) is 0 Å². The third-order valence-electron chi connectivity index (χ3n) is 7.59. The highest BCUT2D eigenvalue weighted by Gasteiger charge is 2.31. The van der Waals surface area contributed by atoms with Crippen LogP contribution >= 0.6 is 0 Å². The number of unbranched alkanes of at least 4 members (excludes halogenated alkanes) is 2. The van der Waals surface area contributed by atoms with Gasteiger partial charge in [0.05, 0.1) is 6.04 Å². The lowest BCUT2D eigenvalue weighted by Crippen LogP contribution is -2.56. The van der Waals surface area contributed by atoms with Crippen LogP contribution in [-0.4, -0.2) is 53.6 Å². The van der Waals surface area contributed by atoms with E-state index in [0.29, 0.717) is 18.4 Å². The average molecular weight is 577 g/mol. The van der Waals surface area contributed by atoms with E-state index in [1.54, 1.807) is 30.3 Å². The summed E-state index contributed by atoms with van der Waals surface area (Å²) >= 11 is 0. The molecule has 1 aliphatic carbocycles. The number of rotatable bonds is 15. The van der Waals surface area contributed by atoms with E-state index in [9.17, 15) is 24.0 Å². The van der Waals surface area contributed by atoms with Crippen LogP contribution in [0.4, 0.5) is 0 Å². The first-order valence-electron chi connectivity index (χ1n) is 15.1. The highest BCUT2D eigenvalue weighted by molar-refractivity contribution is 6.38. The zero-order valence-corrected chi connectivity index (χ0v) is 24.7. The summed E-state index contributed by atoms with van der Waals surface area (Å²) in [5.41, 5.74) is 1.25. The van der Waals surface area contributed by atoms with Crippen molar-refractivity contribution in [3.63, 3.8) is 0 Å². The van der Waals surface area contributed by atoms with E-state index in [1.165, 1.54) is 6.92 Å². The second kappa shape index (κ2) is 17.1. The van der Waals surface area contributed by atoms with Crippen LogP contribution in [0.15, 0.2) is 60.7 Å². The van der Waals surface area contributed by atoms with Gasteiger partial charge in [0, 0.05) is 18.0 Å². The summed E-state index contributed by atoms with van der Waals surface area (Å²) in [5, 5.41) is 11.0. The first-order chi connectivity index (χ1) is 20.3. The SMILES string of the molecule is CCCCCC(NC(=O)[C@H](C)NC(=O)[C@@H](Cc1ccccc1)NC(=O)c1ccccc1)C(=O)C(=O)NC1CCCCC1. The van der Waals surface area contributed by atoms with E-state index in [2.05, 4.69) is 21.3 Å². The van der Waals surface area contributed by atoms with Crippen molar-refractivity contribution in [3.8, 4) is 0 Å². The monoisotopic (exact) mass is 576 g/mol.